The quantitative estimate of drug-likeness (QED) is 0.315. The molecule has 6 nitrogen and oxygen atoms in total. The van der Waals surface area contributed by atoms with Crippen LogP contribution in [0.15, 0.2) is 57.9 Å². The predicted molar refractivity (Wildman–Crippen MR) is 122 cm³/mol. The minimum atomic E-state index is -0.432. The molecule has 3 aromatic rings. The van der Waals surface area contributed by atoms with E-state index in [2.05, 4.69) is 4.99 Å². The van der Waals surface area contributed by atoms with Crippen LogP contribution < -0.4 is 4.80 Å². The highest BCUT2D eigenvalue weighted by atomic mass is 35.5. The second-order valence-electron chi connectivity index (χ2n) is 6.92. The van der Waals surface area contributed by atoms with Crippen molar-refractivity contribution in [1.29, 1.82) is 0 Å². The van der Waals surface area contributed by atoms with E-state index in [-0.39, 0.29) is 11.4 Å². The van der Waals surface area contributed by atoms with E-state index in [1.807, 2.05) is 5.38 Å². The van der Waals surface area contributed by atoms with E-state index in [1.165, 1.54) is 23.8 Å². The van der Waals surface area contributed by atoms with Crippen LogP contribution in [0.1, 0.15) is 32.1 Å². The van der Waals surface area contributed by atoms with Crippen molar-refractivity contribution in [3.05, 3.63) is 72.8 Å². The van der Waals surface area contributed by atoms with Crippen molar-refractivity contribution in [2.45, 2.75) is 32.1 Å². The zero-order valence-corrected chi connectivity index (χ0v) is 18.3. The summed E-state index contributed by atoms with van der Waals surface area (Å²) in [7, 11) is 0. The fourth-order valence-corrected chi connectivity index (χ4v) is 4.59. The van der Waals surface area contributed by atoms with Gasteiger partial charge in [0.1, 0.15) is 5.69 Å². The van der Waals surface area contributed by atoms with Crippen molar-refractivity contribution >= 4 is 51.6 Å². The molecule has 0 radical (unpaired) electrons. The Kier molecular flexibility index (Phi) is 6.32. The molecule has 30 heavy (non-hydrogen) atoms. The Morgan fingerprint density at radius 2 is 1.83 bits per heavy atom. The molecule has 0 spiro atoms. The molecule has 154 valence electrons. The summed E-state index contributed by atoms with van der Waals surface area (Å²) in [6.07, 6.45) is 5.27. The van der Waals surface area contributed by atoms with Crippen LogP contribution in [0, 0.1) is 10.1 Å². The van der Waals surface area contributed by atoms with E-state index in [1.54, 1.807) is 41.1 Å². The van der Waals surface area contributed by atoms with Gasteiger partial charge in [-0.05, 0) is 49.9 Å². The van der Waals surface area contributed by atoms with Crippen molar-refractivity contribution in [3.8, 4) is 11.3 Å². The molecule has 0 N–H and O–H groups in total. The molecule has 1 aliphatic carbocycles. The number of para-hydroxylation sites is 2. The van der Waals surface area contributed by atoms with E-state index in [4.69, 9.17) is 28.3 Å². The Balaban J connectivity index is 1.93. The fraction of sp³-hybridized carbons (Fsp3) is 0.238. The molecular formula is C21H18Cl2N4O2S. The van der Waals surface area contributed by atoms with Gasteiger partial charge in [-0.15, -0.1) is 11.3 Å². The lowest BCUT2D eigenvalue weighted by atomic mass is 9.99. The number of nitro benzene ring substituents is 1. The minimum Gasteiger partial charge on any atom is -0.258 e. The standard InChI is InChI=1S/C21H18Cl2N4O2S/c22-14-10-11-17(23)16(12-14)20-13-30-21(26(20)25-15-6-2-1-3-7-15)24-18-8-4-5-9-19(18)27(28)29/h4-5,8-13H,1-3,6-7H2. The SMILES string of the molecule is O=[N+]([O-])c1ccccc1N=c1scc(-c2cc(Cl)ccc2Cl)n1N=C1CCCCC1. The number of hydrogen-bond acceptors (Lipinski definition) is 5. The van der Waals surface area contributed by atoms with Gasteiger partial charge < -0.3 is 0 Å². The zero-order chi connectivity index (χ0) is 21.1. The molecule has 1 heterocycles. The molecular weight excluding hydrogens is 443 g/mol. The Morgan fingerprint density at radius 3 is 2.60 bits per heavy atom. The maximum atomic E-state index is 11.4. The highest BCUT2D eigenvalue weighted by Gasteiger charge is 2.16. The van der Waals surface area contributed by atoms with Gasteiger partial charge in [0.05, 0.1) is 15.6 Å². The first-order valence-electron chi connectivity index (χ1n) is 9.54. The van der Waals surface area contributed by atoms with Crippen LogP contribution >= 0.6 is 34.5 Å². The molecule has 2 aromatic carbocycles. The number of aromatic nitrogens is 1. The summed E-state index contributed by atoms with van der Waals surface area (Å²) in [6, 6.07) is 11.7. The number of thiazole rings is 1. The van der Waals surface area contributed by atoms with E-state index in [0.717, 1.165) is 42.7 Å². The predicted octanol–water partition coefficient (Wildman–Crippen LogP) is 6.83. The third-order valence-electron chi connectivity index (χ3n) is 4.86. The molecule has 1 fully saturated rings. The van der Waals surface area contributed by atoms with E-state index in [0.29, 0.717) is 14.8 Å². The zero-order valence-electron chi connectivity index (χ0n) is 15.9. The average molecular weight is 461 g/mol. The summed E-state index contributed by atoms with van der Waals surface area (Å²) in [5, 5.41) is 19.3. The molecule has 1 saturated carbocycles. The molecule has 1 aromatic heterocycles. The molecule has 1 aliphatic rings. The molecule has 0 unspecified atom stereocenters. The monoisotopic (exact) mass is 460 g/mol. The largest absolute Gasteiger partial charge is 0.294 e. The summed E-state index contributed by atoms with van der Waals surface area (Å²) in [6.45, 7) is 0. The van der Waals surface area contributed by atoms with Crippen molar-refractivity contribution in [3.63, 3.8) is 0 Å². The lowest BCUT2D eigenvalue weighted by Gasteiger charge is -2.13. The second kappa shape index (κ2) is 9.12. The van der Waals surface area contributed by atoms with E-state index in [9.17, 15) is 10.1 Å². The van der Waals surface area contributed by atoms with Crippen LogP contribution in [0.3, 0.4) is 0 Å². The number of nitro groups is 1. The molecule has 0 amide bonds. The Bertz CT molecular complexity index is 1190. The summed E-state index contributed by atoms with van der Waals surface area (Å²) in [5.74, 6) is 0. The number of halogens is 2. The normalized spacial score (nSPS) is 14.7. The first kappa shape index (κ1) is 20.8. The van der Waals surface area contributed by atoms with Crippen molar-refractivity contribution in [2.75, 3.05) is 0 Å². The molecule has 4 rings (SSSR count). The number of nitrogens with zero attached hydrogens (tertiary/aromatic N) is 4. The maximum Gasteiger partial charge on any atom is 0.294 e. The fourth-order valence-electron chi connectivity index (χ4n) is 3.37. The van der Waals surface area contributed by atoms with Crippen molar-refractivity contribution < 1.29 is 4.92 Å². The highest BCUT2D eigenvalue weighted by Crippen LogP contribution is 2.32. The van der Waals surface area contributed by atoms with Crippen molar-refractivity contribution in [2.24, 2.45) is 10.1 Å². The third-order valence-corrected chi connectivity index (χ3v) is 6.24. The Hall–Kier alpha value is -2.48. The molecule has 9 heteroatoms. The Morgan fingerprint density at radius 1 is 1.07 bits per heavy atom. The number of hydrogen-bond donors (Lipinski definition) is 0. The molecule has 0 aliphatic heterocycles. The van der Waals surface area contributed by atoms with Crippen LogP contribution in [-0.2, 0) is 0 Å². The van der Waals surface area contributed by atoms with Gasteiger partial charge in [-0.1, -0.05) is 41.8 Å². The van der Waals surface area contributed by atoms with Gasteiger partial charge in [-0.3, -0.25) is 10.1 Å². The van der Waals surface area contributed by atoms with Crippen LogP contribution in [0.5, 0.6) is 0 Å². The first-order valence-corrected chi connectivity index (χ1v) is 11.2. The van der Waals surface area contributed by atoms with Crippen LogP contribution in [-0.4, -0.2) is 15.3 Å². The van der Waals surface area contributed by atoms with Gasteiger partial charge in [0.15, 0.2) is 0 Å². The lowest BCUT2D eigenvalue weighted by Crippen LogP contribution is -2.16. The van der Waals surface area contributed by atoms with Gasteiger partial charge in [0, 0.05) is 27.7 Å². The van der Waals surface area contributed by atoms with Gasteiger partial charge >= 0.3 is 0 Å². The molecule has 0 atom stereocenters. The summed E-state index contributed by atoms with van der Waals surface area (Å²) in [5.41, 5.74) is 2.81. The first-order chi connectivity index (χ1) is 14.5. The van der Waals surface area contributed by atoms with E-state index < -0.39 is 4.92 Å². The summed E-state index contributed by atoms with van der Waals surface area (Å²) < 4.78 is 1.74. The second-order valence-corrected chi connectivity index (χ2v) is 8.60. The topological polar surface area (TPSA) is 72.8 Å². The van der Waals surface area contributed by atoms with Gasteiger partial charge in [0.25, 0.3) is 5.69 Å². The summed E-state index contributed by atoms with van der Waals surface area (Å²) in [4.78, 5) is 16.1. The van der Waals surface area contributed by atoms with E-state index >= 15 is 0 Å². The van der Waals surface area contributed by atoms with Crippen molar-refractivity contribution in [1.82, 2.24) is 4.68 Å². The smallest absolute Gasteiger partial charge is 0.258 e. The van der Waals surface area contributed by atoms with Crippen LogP contribution in [0.25, 0.3) is 11.3 Å². The minimum absolute atomic E-state index is 0.0508. The summed E-state index contributed by atoms with van der Waals surface area (Å²) >= 11 is 14.0. The van der Waals surface area contributed by atoms with Gasteiger partial charge in [-0.2, -0.15) is 5.10 Å². The number of rotatable bonds is 4. The molecule has 0 saturated heterocycles. The average Bonchev–Trinajstić information content (AvgIpc) is 3.12. The highest BCUT2D eigenvalue weighted by molar-refractivity contribution is 7.07. The maximum absolute atomic E-state index is 11.4. The molecule has 0 bridgehead atoms. The lowest BCUT2D eigenvalue weighted by molar-refractivity contribution is -0.384. The Labute approximate surface area is 187 Å². The van der Waals surface area contributed by atoms with Gasteiger partial charge in [-0.25, -0.2) is 9.67 Å². The van der Waals surface area contributed by atoms with Crippen LogP contribution in [0.4, 0.5) is 11.4 Å². The third kappa shape index (κ3) is 4.48. The van der Waals surface area contributed by atoms with Gasteiger partial charge in [0.2, 0.25) is 4.80 Å². The number of benzene rings is 2. The van der Waals surface area contributed by atoms with Crippen LogP contribution in [0.2, 0.25) is 10.0 Å².